The molecular formula is C20H32BN3O7S. The standard InChI is InChI=1S/C20H32BN3O7S/c1-19(2)20(3,4)31-21(30-19)15-11-22-18(23-12-15)32(28,29)10-7-14-5-8-24(9-6-14)17(27)16(26)13-25/h11-12,14,16,25-26H,5-10,13H2,1-4H3/t16-/m0/s1. The van der Waals surface area contributed by atoms with Crippen molar-refractivity contribution in [3.8, 4) is 0 Å². The molecule has 0 spiro atoms. The number of hydrogen-bond donors (Lipinski definition) is 2. The first-order valence-electron chi connectivity index (χ1n) is 10.8. The fraction of sp³-hybridized carbons (Fsp3) is 0.750. The second-order valence-corrected chi connectivity index (χ2v) is 11.5. The number of aliphatic hydroxyl groups excluding tert-OH is 2. The zero-order valence-corrected chi connectivity index (χ0v) is 19.8. The van der Waals surface area contributed by atoms with E-state index in [1.54, 1.807) is 0 Å². The highest BCUT2D eigenvalue weighted by molar-refractivity contribution is 7.91. The molecule has 3 heterocycles. The van der Waals surface area contributed by atoms with Crippen LogP contribution in [-0.4, -0.2) is 89.3 Å². The average molecular weight is 469 g/mol. The Bertz CT molecular complexity index is 900. The van der Waals surface area contributed by atoms with Crippen LogP contribution in [0.3, 0.4) is 0 Å². The van der Waals surface area contributed by atoms with Crippen LogP contribution < -0.4 is 5.46 Å². The highest BCUT2D eigenvalue weighted by Gasteiger charge is 2.52. The van der Waals surface area contributed by atoms with Crippen molar-refractivity contribution >= 4 is 28.3 Å². The van der Waals surface area contributed by atoms with Crippen molar-refractivity contribution in [2.24, 2.45) is 5.92 Å². The molecule has 2 saturated heterocycles. The van der Waals surface area contributed by atoms with Crippen molar-refractivity contribution < 1.29 is 32.7 Å². The molecule has 2 aliphatic heterocycles. The minimum atomic E-state index is -3.65. The first kappa shape index (κ1) is 25.0. The van der Waals surface area contributed by atoms with Gasteiger partial charge in [0.05, 0.1) is 23.6 Å². The third-order valence-corrected chi connectivity index (χ3v) is 8.17. The Balaban J connectivity index is 1.54. The average Bonchev–Trinajstić information content (AvgIpc) is 2.98. The monoisotopic (exact) mass is 469 g/mol. The summed E-state index contributed by atoms with van der Waals surface area (Å²) in [5.74, 6) is -0.432. The molecule has 32 heavy (non-hydrogen) atoms. The lowest BCUT2D eigenvalue weighted by Crippen LogP contribution is -2.45. The van der Waals surface area contributed by atoms with Crippen LogP contribution in [0.15, 0.2) is 17.6 Å². The largest absolute Gasteiger partial charge is 0.498 e. The molecule has 2 N–H and O–H groups in total. The van der Waals surface area contributed by atoms with E-state index in [9.17, 15) is 18.3 Å². The molecule has 0 unspecified atom stereocenters. The maximum Gasteiger partial charge on any atom is 0.498 e. The van der Waals surface area contributed by atoms with Crippen LogP contribution in [0.5, 0.6) is 0 Å². The molecule has 1 aromatic heterocycles. The molecule has 1 aromatic rings. The van der Waals surface area contributed by atoms with E-state index in [4.69, 9.17) is 14.4 Å². The minimum absolute atomic E-state index is 0.0826. The first-order chi connectivity index (χ1) is 14.9. The Morgan fingerprint density at radius 3 is 2.22 bits per heavy atom. The molecule has 0 bridgehead atoms. The SMILES string of the molecule is CC1(C)OB(c2cnc(S(=O)(=O)CCC3CCN(C(=O)[C@@H](O)CO)CC3)nc2)OC1(C)C. The molecule has 2 aliphatic rings. The van der Waals surface area contributed by atoms with Crippen LogP contribution in [0.4, 0.5) is 0 Å². The summed E-state index contributed by atoms with van der Waals surface area (Å²) in [7, 11) is -4.31. The van der Waals surface area contributed by atoms with Gasteiger partial charge in [-0.15, -0.1) is 0 Å². The van der Waals surface area contributed by atoms with Crippen molar-refractivity contribution in [1.29, 1.82) is 0 Å². The normalized spacial score (nSPS) is 22.2. The van der Waals surface area contributed by atoms with E-state index in [2.05, 4.69) is 9.97 Å². The predicted molar refractivity (Wildman–Crippen MR) is 117 cm³/mol. The van der Waals surface area contributed by atoms with Gasteiger partial charge in [-0.3, -0.25) is 4.79 Å². The summed E-state index contributed by atoms with van der Waals surface area (Å²) < 4.78 is 37.3. The van der Waals surface area contributed by atoms with Crippen LogP contribution in [0, 0.1) is 5.92 Å². The number of rotatable bonds is 7. The first-order valence-corrected chi connectivity index (χ1v) is 12.5. The van der Waals surface area contributed by atoms with Crippen LogP contribution in [-0.2, 0) is 23.9 Å². The van der Waals surface area contributed by atoms with Crippen molar-refractivity contribution in [2.45, 2.75) is 69.4 Å². The molecule has 178 valence electrons. The smallest absolute Gasteiger partial charge is 0.399 e. The Hall–Kier alpha value is -1.60. The fourth-order valence-electron chi connectivity index (χ4n) is 3.73. The highest BCUT2D eigenvalue weighted by Crippen LogP contribution is 2.36. The molecule has 10 nitrogen and oxygen atoms in total. The molecular weight excluding hydrogens is 437 g/mol. The molecule has 2 fully saturated rings. The maximum atomic E-state index is 12.7. The van der Waals surface area contributed by atoms with E-state index < -0.39 is 46.8 Å². The lowest BCUT2D eigenvalue weighted by atomic mass is 9.81. The van der Waals surface area contributed by atoms with Crippen molar-refractivity contribution in [1.82, 2.24) is 14.9 Å². The lowest BCUT2D eigenvalue weighted by molar-refractivity contribution is -0.143. The Morgan fingerprint density at radius 2 is 1.72 bits per heavy atom. The summed E-state index contributed by atoms with van der Waals surface area (Å²) in [4.78, 5) is 21.5. The van der Waals surface area contributed by atoms with Crippen LogP contribution in [0.1, 0.15) is 47.0 Å². The van der Waals surface area contributed by atoms with E-state index in [1.165, 1.54) is 17.3 Å². The number of carbonyl (C=O) groups is 1. The number of piperidine rings is 1. The van der Waals surface area contributed by atoms with Gasteiger partial charge in [0.1, 0.15) is 0 Å². The Kier molecular flexibility index (Phi) is 7.31. The molecule has 3 rings (SSSR count). The molecule has 0 radical (unpaired) electrons. The molecule has 0 aromatic carbocycles. The van der Waals surface area contributed by atoms with Gasteiger partial charge in [0.15, 0.2) is 6.10 Å². The van der Waals surface area contributed by atoms with Crippen molar-refractivity contribution in [3.05, 3.63) is 12.4 Å². The van der Waals surface area contributed by atoms with Gasteiger partial charge in [-0.2, -0.15) is 0 Å². The van der Waals surface area contributed by atoms with Gasteiger partial charge in [0, 0.05) is 30.9 Å². The van der Waals surface area contributed by atoms with E-state index in [0.29, 0.717) is 37.8 Å². The van der Waals surface area contributed by atoms with Crippen molar-refractivity contribution in [2.75, 3.05) is 25.4 Å². The maximum absolute atomic E-state index is 12.7. The van der Waals surface area contributed by atoms with Crippen LogP contribution in [0.2, 0.25) is 0 Å². The van der Waals surface area contributed by atoms with E-state index in [1.807, 2.05) is 27.7 Å². The Morgan fingerprint density at radius 1 is 1.19 bits per heavy atom. The number of likely N-dealkylation sites (tertiary alicyclic amines) is 1. The summed E-state index contributed by atoms with van der Waals surface area (Å²) in [5, 5.41) is 18.1. The van der Waals surface area contributed by atoms with Gasteiger partial charge in [-0.1, -0.05) is 0 Å². The molecule has 0 saturated carbocycles. The van der Waals surface area contributed by atoms with Gasteiger partial charge in [-0.25, -0.2) is 18.4 Å². The predicted octanol–water partition coefficient (Wildman–Crippen LogP) is -0.469. The minimum Gasteiger partial charge on any atom is -0.399 e. The number of nitrogens with zero attached hydrogens (tertiary/aromatic N) is 3. The summed E-state index contributed by atoms with van der Waals surface area (Å²) in [6, 6.07) is 0. The van der Waals surface area contributed by atoms with Gasteiger partial charge in [-0.05, 0) is 52.9 Å². The second kappa shape index (κ2) is 9.34. The van der Waals surface area contributed by atoms with E-state index in [0.717, 1.165) is 0 Å². The second-order valence-electron chi connectivity index (χ2n) is 9.46. The number of amides is 1. The zero-order valence-electron chi connectivity index (χ0n) is 19.0. The molecule has 1 atom stereocenters. The van der Waals surface area contributed by atoms with E-state index in [-0.39, 0.29) is 16.8 Å². The van der Waals surface area contributed by atoms with Gasteiger partial charge in [0.2, 0.25) is 15.0 Å². The van der Waals surface area contributed by atoms with Crippen LogP contribution in [0.25, 0.3) is 0 Å². The third-order valence-electron chi connectivity index (χ3n) is 6.63. The summed E-state index contributed by atoms with van der Waals surface area (Å²) in [6.07, 6.45) is 3.18. The molecule has 1 amide bonds. The molecule has 0 aliphatic carbocycles. The number of sulfone groups is 1. The van der Waals surface area contributed by atoms with Gasteiger partial charge in [0.25, 0.3) is 5.91 Å². The number of aliphatic hydroxyl groups is 2. The Labute approximate surface area is 189 Å². The topological polar surface area (TPSA) is 139 Å². The lowest BCUT2D eigenvalue weighted by Gasteiger charge is -2.32. The molecule has 12 heteroatoms. The van der Waals surface area contributed by atoms with Gasteiger partial charge >= 0.3 is 7.12 Å². The zero-order chi connectivity index (χ0) is 23.7. The number of hydrogen-bond acceptors (Lipinski definition) is 9. The summed E-state index contributed by atoms with van der Waals surface area (Å²) >= 11 is 0. The summed E-state index contributed by atoms with van der Waals surface area (Å²) in [5.41, 5.74) is -0.470. The highest BCUT2D eigenvalue weighted by atomic mass is 32.2. The van der Waals surface area contributed by atoms with Crippen LogP contribution >= 0.6 is 0 Å². The number of carbonyl (C=O) groups excluding carboxylic acids is 1. The number of aromatic nitrogens is 2. The fourth-order valence-corrected chi connectivity index (χ4v) is 4.98. The van der Waals surface area contributed by atoms with E-state index >= 15 is 0 Å². The van der Waals surface area contributed by atoms with Crippen molar-refractivity contribution in [3.63, 3.8) is 0 Å². The quantitative estimate of drug-likeness (QED) is 0.401. The summed E-state index contributed by atoms with van der Waals surface area (Å²) in [6.45, 7) is 7.98. The van der Waals surface area contributed by atoms with Gasteiger partial charge < -0.3 is 24.4 Å². The third kappa shape index (κ3) is 5.31.